The third-order valence-corrected chi connectivity index (χ3v) is 2.36. The molecule has 1 N–H and O–H groups in total. The molecule has 0 aliphatic heterocycles. The summed E-state index contributed by atoms with van der Waals surface area (Å²) in [6.45, 7) is 3.83. The average Bonchev–Trinajstić information content (AvgIpc) is 2.81. The summed E-state index contributed by atoms with van der Waals surface area (Å²) < 4.78 is 3.19. The lowest BCUT2D eigenvalue weighted by atomic mass is 10.2. The summed E-state index contributed by atoms with van der Waals surface area (Å²) in [5, 5.41) is 20.7. The van der Waals surface area contributed by atoms with Crippen LogP contribution in [0, 0.1) is 0 Å². The predicted octanol–water partition coefficient (Wildman–Crippen LogP) is 0.958. The van der Waals surface area contributed by atoms with Crippen LogP contribution in [0.25, 0.3) is 11.3 Å². The molecule has 0 aliphatic rings. The van der Waals surface area contributed by atoms with Crippen molar-refractivity contribution in [3.63, 3.8) is 0 Å². The van der Waals surface area contributed by atoms with Crippen LogP contribution in [0.1, 0.15) is 30.4 Å². The van der Waals surface area contributed by atoms with Crippen LogP contribution in [0.15, 0.2) is 12.4 Å². The zero-order valence-corrected chi connectivity index (χ0v) is 9.82. The number of aryl methyl sites for hydroxylation is 1. The van der Waals surface area contributed by atoms with E-state index in [2.05, 4.69) is 15.4 Å². The van der Waals surface area contributed by atoms with Crippen LogP contribution in [0.2, 0.25) is 0 Å². The first-order chi connectivity index (χ1) is 8.00. The summed E-state index contributed by atoms with van der Waals surface area (Å²) in [4.78, 5) is 11.1. The number of aromatic nitrogens is 5. The van der Waals surface area contributed by atoms with Gasteiger partial charge in [0, 0.05) is 24.8 Å². The van der Waals surface area contributed by atoms with Crippen LogP contribution in [0.3, 0.4) is 0 Å². The molecule has 2 rings (SSSR count). The Hall–Kier alpha value is -2.18. The maximum atomic E-state index is 11.1. The zero-order chi connectivity index (χ0) is 12.6. The van der Waals surface area contributed by atoms with Crippen LogP contribution in [-0.4, -0.2) is 35.9 Å². The average molecular weight is 235 g/mol. The lowest BCUT2D eigenvalue weighted by Gasteiger charge is -2.08. The molecule has 0 aromatic carbocycles. The monoisotopic (exact) mass is 235 g/mol. The van der Waals surface area contributed by atoms with Gasteiger partial charge in [-0.2, -0.15) is 5.10 Å². The second-order valence-electron chi connectivity index (χ2n) is 4.03. The fourth-order valence-corrected chi connectivity index (χ4v) is 1.61. The van der Waals surface area contributed by atoms with E-state index in [4.69, 9.17) is 5.11 Å². The van der Waals surface area contributed by atoms with E-state index in [1.54, 1.807) is 28.8 Å². The molecule has 90 valence electrons. The van der Waals surface area contributed by atoms with Crippen molar-refractivity contribution in [2.24, 2.45) is 7.05 Å². The lowest BCUT2D eigenvalue weighted by molar-refractivity contribution is 0.0691. The highest BCUT2D eigenvalue weighted by Gasteiger charge is 2.22. The van der Waals surface area contributed by atoms with Gasteiger partial charge in [-0.15, -0.1) is 5.10 Å². The molecular formula is C10H13N5O2. The number of carboxylic acids is 1. The van der Waals surface area contributed by atoms with Crippen LogP contribution in [0.4, 0.5) is 0 Å². The van der Waals surface area contributed by atoms with Crippen molar-refractivity contribution in [2.45, 2.75) is 19.9 Å². The minimum atomic E-state index is -1.09. The van der Waals surface area contributed by atoms with E-state index in [9.17, 15) is 4.79 Å². The lowest BCUT2D eigenvalue weighted by Crippen LogP contribution is -2.06. The van der Waals surface area contributed by atoms with E-state index in [1.165, 1.54) is 0 Å². The van der Waals surface area contributed by atoms with Gasteiger partial charge in [0.2, 0.25) is 0 Å². The van der Waals surface area contributed by atoms with Gasteiger partial charge in [0.05, 0.1) is 6.20 Å². The summed E-state index contributed by atoms with van der Waals surface area (Å²) in [7, 11) is 1.77. The highest BCUT2D eigenvalue weighted by molar-refractivity contribution is 5.92. The molecule has 0 bridgehead atoms. The van der Waals surface area contributed by atoms with Crippen molar-refractivity contribution >= 4 is 5.97 Å². The first-order valence-corrected chi connectivity index (χ1v) is 5.18. The van der Waals surface area contributed by atoms with Crippen molar-refractivity contribution in [1.82, 2.24) is 24.8 Å². The summed E-state index contributed by atoms with van der Waals surface area (Å²) in [5.41, 5.74) is 1.14. The predicted molar refractivity (Wildman–Crippen MR) is 59.6 cm³/mol. The largest absolute Gasteiger partial charge is 0.476 e. The topological polar surface area (TPSA) is 85.8 Å². The zero-order valence-electron chi connectivity index (χ0n) is 9.82. The summed E-state index contributed by atoms with van der Waals surface area (Å²) in [6.07, 6.45) is 3.34. The molecule has 0 fully saturated rings. The van der Waals surface area contributed by atoms with Gasteiger partial charge in [0.25, 0.3) is 0 Å². The maximum absolute atomic E-state index is 11.1. The Morgan fingerprint density at radius 1 is 1.47 bits per heavy atom. The van der Waals surface area contributed by atoms with Gasteiger partial charge in [-0.3, -0.25) is 4.68 Å². The van der Waals surface area contributed by atoms with E-state index in [0.29, 0.717) is 11.3 Å². The first-order valence-electron chi connectivity index (χ1n) is 5.18. The van der Waals surface area contributed by atoms with Crippen molar-refractivity contribution in [1.29, 1.82) is 0 Å². The SMILES string of the molecule is CC(C)n1nnc(C(=O)O)c1-c1cnn(C)c1. The van der Waals surface area contributed by atoms with Gasteiger partial charge >= 0.3 is 5.97 Å². The molecule has 0 saturated carbocycles. The first kappa shape index (κ1) is 11.3. The van der Waals surface area contributed by atoms with Gasteiger partial charge in [-0.1, -0.05) is 5.21 Å². The highest BCUT2D eigenvalue weighted by Crippen LogP contribution is 2.24. The Morgan fingerprint density at radius 2 is 2.18 bits per heavy atom. The smallest absolute Gasteiger partial charge is 0.358 e. The minimum Gasteiger partial charge on any atom is -0.476 e. The number of carboxylic acid groups (broad SMARTS) is 1. The molecular weight excluding hydrogens is 222 g/mol. The number of nitrogens with zero attached hydrogens (tertiary/aromatic N) is 5. The quantitative estimate of drug-likeness (QED) is 0.856. The van der Waals surface area contributed by atoms with Crippen LogP contribution < -0.4 is 0 Å². The second-order valence-corrected chi connectivity index (χ2v) is 4.03. The Labute approximate surface area is 97.7 Å². The fraction of sp³-hybridized carbons (Fsp3) is 0.400. The van der Waals surface area contributed by atoms with Crippen LogP contribution >= 0.6 is 0 Å². The van der Waals surface area contributed by atoms with Gasteiger partial charge < -0.3 is 5.11 Å². The van der Waals surface area contributed by atoms with Crippen LogP contribution in [0.5, 0.6) is 0 Å². The standard InChI is InChI=1S/C10H13N5O2/c1-6(2)15-9(7-4-11-14(3)5-7)8(10(16)17)12-13-15/h4-6H,1-3H3,(H,16,17). The van der Waals surface area contributed by atoms with E-state index in [0.717, 1.165) is 0 Å². The van der Waals surface area contributed by atoms with E-state index < -0.39 is 5.97 Å². The van der Waals surface area contributed by atoms with Gasteiger partial charge in [-0.25, -0.2) is 9.48 Å². The Balaban J connectivity index is 2.63. The third kappa shape index (κ3) is 1.91. The highest BCUT2D eigenvalue weighted by atomic mass is 16.4. The van der Waals surface area contributed by atoms with Crippen LogP contribution in [-0.2, 0) is 7.05 Å². The summed E-state index contributed by atoms with van der Waals surface area (Å²) in [5.74, 6) is -1.09. The molecule has 0 atom stereocenters. The maximum Gasteiger partial charge on any atom is 0.358 e. The van der Waals surface area contributed by atoms with Crippen molar-refractivity contribution < 1.29 is 9.90 Å². The molecule has 0 unspecified atom stereocenters. The number of carbonyl (C=O) groups is 1. The van der Waals surface area contributed by atoms with Crippen molar-refractivity contribution in [3.05, 3.63) is 18.1 Å². The van der Waals surface area contributed by atoms with E-state index >= 15 is 0 Å². The van der Waals surface area contributed by atoms with Gasteiger partial charge in [0.1, 0.15) is 5.69 Å². The molecule has 2 heterocycles. The molecule has 0 radical (unpaired) electrons. The Morgan fingerprint density at radius 3 is 2.65 bits per heavy atom. The summed E-state index contributed by atoms with van der Waals surface area (Å²) in [6, 6.07) is 0.0332. The Kier molecular flexibility index (Phi) is 2.66. The summed E-state index contributed by atoms with van der Waals surface area (Å²) >= 11 is 0. The van der Waals surface area contributed by atoms with Crippen molar-refractivity contribution in [3.8, 4) is 11.3 Å². The number of hydrogen-bond donors (Lipinski definition) is 1. The molecule has 0 aliphatic carbocycles. The molecule has 0 amide bonds. The minimum absolute atomic E-state index is 0.0332. The molecule has 0 spiro atoms. The number of aromatic carboxylic acids is 1. The normalized spacial score (nSPS) is 11.1. The van der Waals surface area contributed by atoms with E-state index in [-0.39, 0.29) is 11.7 Å². The number of rotatable bonds is 3. The molecule has 2 aromatic rings. The third-order valence-electron chi connectivity index (χ3n) is 2.36. The second kappa shape index (κ2) is 4.00. The molecule has 0 saturated heterocycles. The molecule has 7 nitrogen and oxygen atoms in total. The number of hydrogen-bond acceptors (Lipinski definition) is 4. The fourth-order valence-electron chi connectivity index (χ4n) is 1.61. The van der Waals surface area contributed by atoms with E-state index in [1.807, 2.05) is 13.8 Å². The molecule has 2 aromatic heterocycles. The molecule has 7 heteroatoms. The Bertz CT molecular complexity index is 555. The van der Waals surface area contributed by atoms with Gasteiger partial charge in [0.15, 0.2) is 5.69 Å². The van der Waals surface area contributed by atoms with Gasteiger partial charge in [-0.05, 0) is 13.8 Å². The van der Waals surface area contributed by atoms with Crippen molar-refractivity contribution in [2.75, 3.05) is 0 Å². The molecule has 17 heavy (non-hydrogen) atoms.